The second kappa shape index (κ2) is 7.38. The molecule has 0 N–H and O–H groups in total. The van der Waals surface area contributed by atoms with E-state index in [2.05, 4.69) is 75.4 Å². The molecule has 0 aliphatic heterocycles. The quantitative estimate of drug-likeness (QED) is 0.500. The van der Waals surface area contributed by atoms with Crippen LogP contribution in [-0.2, 0) is 5.41 Å². The highest BCUT2D eigenvalue weighted by Crippen LogP contribution is 2.54. The largest absolute Gasteiger partial charge is 0.0871 e. The van der Waals surface area contributed by atoms with Gasteiger partial charge in [0.05, 0.1) is 0 Å². The Morgan fingerprint density at radius 3 is 2.17 bits per heavy atom. The van der Waals surface area contributed by atoms with Gasteiger partial charge >= 0.3 is 0 Å². The minimum absolute atomic E-state index is 0.218. The fourth-order valence-electron chi connectivity index (χ4n) is 4.39. The minimum atomic E-state index is 0.218. The maximum Gasteiger partial charge on any atom is 0.0215 e. The van der Waals surface area contributed by atoms with E-state index in [1.165, 1.54) is 55.2 Å². The summed E-state index contributed by atoms with van der Waals surface area (Å²) in [4.78, 5) is 0. The third-order valence-corrected chi connectivity index (χ3v) is 5.57. The number of fused-ring (bicyclic) bond motifs is 3. The maximum atomic E-state index is 2.46. The lowest BCUT2D eigenvalue weighted by molar-refractivity contribution is 0.414. The average molecular weight is 319 g/mol. The van der Waals surface area contributed by atoms with Crippen LogP contribution in [0.5, 0.6) is 0 Å². The molecule has 0 aromatic heterocycles. The van der Waals surface area contributed by atoms with Crippen LogP contribution in [-0.4, -0.2) is 0 Å². The van der Waals surface area contributed by atoms with Crippen LogP contribution in [0.1, 0.15) is 76.0 Å². The van der Waals surface area contributed by atoms with E-state index < -0.39 is 0 Å². The normalized spacial score (nSPS) is 14.8. The van der Waals surface area contributed by atoms with E-state index in [0.717, 1.165) is 0 Å². The maximum absolute atomic E-state index is 2.46. The molecular weight excluding hydrogens is 288 g/mol. The van der Waals surface area contributed by atoms with Crippen LogP contribution >= 0.6 is 0 Å². The van der Waals surface area contributed by atoms with Gasteiger partial charge in [-0.05, 0) is 47.6 Å². The van der Waals surface area contributed by atoms with Gasteiger partial charge in [-0.25, -0.2) is 0 Å². The van der Waals surface area contributed by atoms with E-state index in [1.54, 1.807) is 11.1 Å². The Bertz CT molecular complexity index is 713. The molecule has 126 valence electrons. The Labute approximate surface area is 147 Å². The van der Waals surface area contributed by atoms with Crippen molar-refractivity contribution in [2.75, 3.05) is 0 Å². The van der Waals surface area contributed by atoms with E-state index in [4.69, 9.17) is 0 Å². The Balaban J connectivity index is 2.20. The van der Waals surface area contributed by atoms with Gasteiger partial charge in [0, 0.05) is 5.41 Å². The van der Waals surface area contributed by atoms with Crippen molar-refractivity contribution in [2.24, 2.45) is 0 Å². The summed E-state index contributed by atoms with van der Waals surface area (Å²) in [5.74, 6) is 0. The molecule has 0 bridgehead atoms. The summed E-state index contributed by atoms with van der Waals surface area (Å²) in [6.07, 6.45) is 12.0. The molecule has 1 aliphatic carbocycles. The minimum Gasteiger partial charge on any atom is -0.0871 e. The molecule has 0 atom stereocenters. The molecule has 0 saturated carbocycles. The number of unbranched alkanes of at least 4 members (excludes halogenated alkanes) is 2. The van der Waals surface area contributed by atoms with Crippen LogP contribution < -0.4 is 0 Å². The lowest BCUT2D eigenvalue weighted by Crippen LogP contribution is -2.25. The highest BCUT2D eigenvalue weighted by atomic mass is 14.4. The first-order valence-corrected chi connectivity index (χ1v) is 9.64. The van der Waals surface area contributed by atoms with Gasteiger partial charge in [-0.1, -0.05) is 94.1 Å². The van der Waals surface area contributed by atoms with Crippen LogP contribution in [0.4, 0.5) is 0 Å². The van der Waals surface area contributed by atoms with Crippen molar-refractivity contribution >= 4 is 6.08 Å². The molecule has 0 radical (unpaired) electrons. The van der Waals surface area contributed by atoms with Crippen LogP contribution in [0, 0.1) is 0 Å². The van der Waals surface area contributed by atoms with Crippen LogP contribution in [0.15, 0.2) is 48.5 Å². The van der Waals surface area contributed by atoms with Crippen LogP contribution in [0.25, 0.3) is 17.2 Å². The Morgan fingerprint density at radius 1 is 0.833 bits per heavy atom. The molecule has 0 heteroatoms. The highest BCUT2D eigenvalue weighted by Gasteiger charge is 2.41. The third-order valence-electron chi connectivity index (χ3n) is 5.57. The van der Waals surface area contributed by atoms with Crippen molar-refractivity contribution in [3.63, 3.8) is 0 Å². The van der Waals surface area contributed by atoms with Crippen molar-refractivity contribution in [1.29, 1.82) is 0 Å². The molecular formula is C24H30. The second-order valence-electron chi connectivity index (χ2n) is 7.14. The fourth-order valence-corrected chi connectivity index (χ4v) is 4.39. The van der Waals surface area contributed by atoms with Gasteiger partial charge in [-0.15, -0.1) is 0 Å². The van der Waals surface area contributed by atoms with Crippen molar-refractivity contribution in [1.82, 2.24) is 0 Å². The van der Waals surface area contributed by atoms with E-state index in [0.29, 0.717) is 0 Å². The SMILES string of the molecule is CC=Cc1ccc2c(c1)C(CCCC)(CCCC)c1ccccc1-2. The average Bonchev–Trinajstić information content (AvgIpc) is 2.89. The highest BCUT2D eigenvalue weighted by molar-refractivity contribution is 5.82. The summed E-state index contributed by atoms with van der Waals surface area (Å²) in [6, 6.07) is 16.2. The number of hydrogen-bond acceptors (Lipinski definition) is 0. The van der Waals surface area contributed by atoms with Crippen molar-refractivity contribution in [3.05, 3.63) is 65.2 Å². The molecule has 3 rings (SSSR count). The second-order valence-corrected chi connectivity index (χ2v) is 7.14. The summed E-state index contributed by atoms with van der Waals surface area (Å²) in [6.45, 7) is 6.72. The summed E-state index contributed by atoms with van der Waals surface area (Å²) in [7, 11) is 0. The molecule has 24 heavy (non-hydrogen) atoms. The van der Waals surface area contributed by atoms with Crippen molar-refractivity contribution in [3.8, 4) is 11.1 Å². The third kappa shape index (κ3) is 2.83. The zero-order chi connectivity index (χ0) is 17.0. The van der Waals surface area contributed by atoms with Gasteiger partial charge in [-0.3, -0.25) is 0 Å². The summed E-state index contributed by atoms with van der Waals surface area (Å²) >= 11 is 0. The number of rotatable bonds is 7. The van der Waals surface area contributed by atoms with Gasteiger partial charge in [0.2, 0.25) is 0 Å². The Kier molecular flexibility index (Phi) is 5.23. The molecule has 0 saturated heterocycles. The van der Waals surface area contributed by atoms with Gasteiger partial charge in [-0.2, -0.15) is 0 Å². The first-order chi connectivity index (χ1) is 11.8. The van der Waals surface area contributed by atoms with E-state index in [-0.39, 0.29) is 5.41 Å². The first-order valence-electron chi connectivity index (χ1n) is 9.64. The van der Waals surface area contributed by atoms with Crippen molar-refractivity contribution in [2.45, 2.75) is 64.7 Å². The molecule has 2 aromatic rings. The van der Waals surface area contributed by atoms with E-state index in [1.807, 2.05) is 0 Å². The fraction of sp³-hybridized carbons (Fsp3) is 0.417. The predicted octanol–water partition coefficient (Wildman–Crippen LogP) is 7.37. The number of hydrogen-bond donors (Lipinski definition) is 0. The molecule has 0 amide bonds. The van der Waals surface area contributed by atoms with Crippen LogP contribution in [0.3, 0.4) is 0 Å². The lowest BCUT2D eigenvalue weighted by atomic mass is 9.70. The topological polar surface area (TPSA) is 0 Å². The van der Waals surface area contributed by atoms with E-state index in [9.17, 15) is 0 Å². The van der Waals surface area contributed by atoms with Gasteiger partial charge in [0.15, 0.2) is 0 Å². The monoisotopic (exact) mass is 318 g/mol. The first kappa shape index (κ1) is 17.0. The molecule has 0 unspecified atom stereocenters. The van der Waals surface area contributed by atoms with E-state index >= 15 is 0 Å². The Morgan fingerprint density at radius 2 is 1.50 bits per heavy atom. The molecule has 1 aliphatic rings. The summed E-state index contributed by atoms with van der Waals surface area (Å²) in [5.41, 5.74) is 7.62. The van der Waals surface area contributed by atoms with Gasteiger partial charge < -0.3 is 0 Å². The standard InChI is InChI=1S/C24H30/c1-4-7-16-24(17-8-5-2)22-13-10-9-12-20(22)21-15-14-19(11-6-3)18-23(21)24/h6,9-15,18H,4-5,7-8,16-17H2,1-3H3. The predicted molar refractivity (Wildman–Crippen MR) is 106 cm³/mol. The molecule has 0 nitrogen and oxygen atoms in total. The Hall–Kier alpha value is -1.82. The zero-order valence-corrected chi connectivity index (χ0v) is 15.4. The smallest absolute Gasteiger partial charge is 0.0215 e. The molecule has 0 heterocycles. The molecule has 0 spiro atoms. The lowest BCUT2D eigenvalue weighted by Gasteiger charge is -2.32. The van der Waals surface area contributed by atoms with Crippen LogP contribution in [0.2, 0.25) is 0 Å². The number of allylic oxidation sites excluding steroid dienone is 1. The van der Waals surface area contributed by atoms with Crippen molar-refractivity contribution < 1.29 is 0 Å². The molecule has 0 fully saturated rings. The van der Waals surface area contributed by atoms with Gasteiger partial charge in [0.25, 0.3) is 0 Å². The zero-order valence-electron chi connectivity index (χ0n) is 15.4. The summed E-state index contributed by atoms with van der Waals surface area (Å²) < 4.78 is 0. The summed E-state index contributed by atoms with van der Waals surface area (Å²) in [5, 5.41) is 0. The molecule has 2 aromatic carbocycles. The van der Waals surface area contributed by atoms with Gasteiger partial charge in [0.1, 0.15) is 0 Å². The number of benzene rings is 2.